The Hall–Kier alpha value is 0.357. The first-order valence-corrected chi connectivity index (χ1v) is 6.21. The van der Waals surface area contributed by atoms with E-state index >= 15 is 0 Å². The first-order chi connectivity index (χ1) is 3.50. The quantitative estimate of drug-likeness (QED) is 0.319. The normalized spacial score (nSPS) is 11.5. The monoisotopic (exact) mass is 166 g/mol. The Labute approximate surface area is 61.2 Å². The number of hydrogen-bond acceptors (Lipinski definition) is 0. The lowest BCUT2D eigenvalue weighted by molar-refractivity contribution is 1.66. The van der Waals surface area contributed by atoms with Gasteiger partial charge in [-0.2, -0.15) is 0 Å². The van der Waals surface area contributed by atoms with Gasteiger partial charge in [0.1, 0.15) is 4.46 Å². The molecule has 0 spiro atoms. The predicted octanol–water partition coefficient (Wildman–Crippen LogP) is 2.21. The summed E-state index contributed by atoms with van der Waals surface area (Å²) in [4.78, 5) is 0. The summed E-state index contributed by atoms with van der Waals surface area (Å²) < 4.78 is -0.340. The van der Waals surface area contributed by atoms with E-state index < -0.39 is 8.07 Å². The van der Waals surface area contributed by atoms with Crippen LogP contribution < -0.4 is 0 Å². The average molecular weight is 167 g/mol. The minimum absolute atomic E-state index is 0.340. The smallest absolute Gasteiger partial charge is 0.132 e. The number of terminal acetylenes is 1. The van der Waals surface area contributed by atoms with E-state index in [1.165, 1.54) is 0 Å². The van der Waals surface area contributed by atoms with E-state index in [1.807, 2.05) is 13.1 Å². The molecule has 0 bridgehead atoms. The van der Waals surface area contributed by atoms with Gasteiger partial charge in [-0.25, -0.2) is 0 Å². The van der Waals surface area contributed by atoms with Crippen molar-refractivity contribution < 1.29 is 0 Å². The van der Waals surface area contributed by atoms with Gasteiger partial charge in [0, 0.05) is 0 Å². The van der Waals surface area contributed by atoms with Crippen LogP contribution in [0.2, 0.25) is 13.1 Å². The van der Waals surface area contributed by atoms with Crippen molar-refractivity contribution in [2.24, 2.45) is 0 Å². The van der Waals surface area contributed by atoms with Crippen molar-refractivity contribution in [1.82, 2.24) is 0 Å². The summed E-state index contributed by atoms with van der Waals surface area (Å²) >= 11 is 11.1. The van der Waals surface area contributed by atoms with Crippen molar-refractivity contribution in [3.63, 3.8) is 0 Å². The summed E-state index contributed by atoms with van der Waals surface area (Å²) in [5.41, 5.74) is 2.62. The second-order valence-electron chi connectivity index (χ2n) is 2.17. The fraction of sp³-hybridized carbons (Fsp3) is 0.600. The molecule has 46 valence electrons. The molecule has 0 atom stereocenters. The molecular weight excluding hydrogens is 159 g/mol. The van der Waals surface area contributed by atoms with Gasteiger partial charge in [-0.1, -0.05) is 13.1 Å². The molecule has 0 unspecified atom stereocenters. The lowest BCUT2D eigenvalue weighted by Gasteiger charge is -2.13. The van der Waals surface area contributed by atoms with Crippen molar-refractivity contribution in [1.29, 1.82) is 0 Å². The van der Waals surface area contributed by atoms with Crippen LogP contribution in [0, 0.1) is 12.0 Å². The van der Waals surface area contributed by atoms with Crippen molar-refractivity contribution in [2.45, 2.75) is 17.6 Å². The second kappa shape index (κ2) is 2.77. The van der Waals surface area contributed by atoms with Crippen molar-refractivity contribution in [3.05, 3.63) is 0 Å². The van der Waals surface area contributed by atoms with Crippen LogP contribution in [0.25, 0.3) is 0 Å². The highest BCUT2D eigenvalue weighted by Gasteiger charge is 2.26. The molecule has 0 aliphatic rings. The third-order valence-electron chi connectivity index (χ3n) is 0.918. The summed E-state index contributed by atoms with van der Waals surface area (Å²) in [7, 11) is -1.70. The largest absolute Gasteiger partial charge is 0.167 e. The molecule has 0 aliphatic carbocycles. The molecule has 0 saturated carbocycles. The van der Waals surface area contributed by atoms with E-state index in [1.54, 1.807) is 0 Å². The zero-order valence-corrected chi connectivity index (χ0v) is 7.42. The number of halogens is 2. The zero-order valence-electron chi connectivity index (χ0n) is 4.91. The van der Waals surface area contributed by atoms with E-state index in [4.69, 9.17) is 29.6 Å². The summed E-state index contributed by atoms with van der Waals surface area (Å²) in [5, 5.41) is 0. The van der Waals surface area contributed by atoms with Gasteiger partial charge in [-0.05, 0) is 0 Å². The average Bonchev–Trinajstić information content (AvgIpc) is 1.67. The van der Waals surface area contributed by atoms with Crippen LogP contribution in [-0.2, 0) is 0 Å². The highest BCUT2D eigenvalue weighted by molar-refractivity contribution is 6.97. The van der Waals surface area contributed by atoms with E-state index in [0.717, 1.165) is 0 Å². The molecule has 0 fully saturated rings. The molecule has 0 aromatic heterocycles. The molecule has 0 nitrogen and oxygen atoms in total. The van der Waals surface area contributed by atoms with Gasteiger partial charge in [0.05, 0.1) is 0 Å². The molecule has 0 saturated heterocycles. The minimum atomic E-state index is -1.70. The Bertz CT molecular complexity index is 112. The number of alkyl halides is 2. The van der Waals surface area contributed by atoms with Gasteiger partial charge >= 0.3 is 0 Å². The van der Waals surface area contributed by atoms with Crippen LogP contribution in [0.1, 0.15) is 0 Å². The van der Waals surface area contributed by atoms with E-state index in [2.05, 4.69) is 5.54 Å². The van der Waals surface area contributed by atoms with Crippen LogP contribution in [0.4, 0.5) is 0 Å². The molecule has 0 amide bonds. The molecule has 0 rings (SSSR count). The molecule has 0 radical (unpaired) electrons. The maximum Gasteiger partial charge on any atom is 0.167 e. The predicted molar refractivity (Wildman–Crippen MR) is 41.8 cm³/mol. The zero-order chi connectivity index (χ0) is 6.78. The maximum atomic E-state index is 5.55. The molecular formula is C5H8Cl2Si. The van der Waals surface area contributed by atoms with Gasteiger partial charge in [0.15, 0.2) is 8.07 Å². The molecule has 3 heteroatoms. The Morgan fingerprint density at radius 3 is 1.88 bits per heavy atom. The standard InChI is InChI=1S/C5H8Cl2Si/c1-4-8(2,3)5(6)7/h1,5H,2-3H3. The summed E-state index contributed by atoms with van der Waals surface area (Å²) in [6.07, 6.45) is 5.15. The fourth-order valence-corrected chi connectivity index (χ4v) is 0.567. The first kappa shape index (κ1) is 8.36. The molecule has 8 heavy (non-hydrogen) atoms. The molecule has 0 aromatic carbocycles. The lowest BCUT2D eigenvalue weighted by atomic mass is 11.4. The number of rotatable bonds is 1. The van der Waals surface area contributed by atoms with Gasteiger partial charge in [0.2, 0.25) is 0 Å². The molecule has 0 heterocycles. The molecule has 0 aromatic rings. The summed E-state index contributed by atoms with van der Waals surface area (Å²) in [6.45, 7) is 3.91. The van der Waals surface area contributed by atoms with Crippen molar-refractivity contribution >= 4 is 31.3 Å². The summed E-state index contributed by atoms with van der Waals surface area (Å²) in [5.74, 6) is 0. The van der Waals surface area contributed by atoms with Gasteiger partial charge in [-0.3, -0.25) is 0 Å². The lowest BCUT2D eigenvalue weighted by Crippen LogP contribution is -2.32. The Morgan fingerprint density at radius 1 is 1.50 bits per heavy atom. The Kier molecular flexibility index (Phi) is 2.90. The van der Waals surface area contributed by atoms with Gasteiger partial charge in [-0.15, -0.1) is 35.2 Å². The highest BCUT2D eigenvalue weighted by atomic mass is 35.5. The fourth-order valence-electron chi connectivity index (χ4n) is 0.0630. The van der Waals surface area contributed by atoms with Crippen molar-refractivity contribution in [2.75, 3.05) is 0 Å². The third-order valence-corrected chi connectivity index (χ3v) is 6.03. The Morgan fingerprint density at radius 2 is 1.88 bits per heavy atom. The maximum absolute atomic E-state index is 5.55. The Balaban J connectivity index is 3.97. The SMILES string of the molecule is C#C[Si](C)(C)C(Cl)Cl. The number of hydrogen-bond donors (Lipinski definition) is 0. The van der Waals surface area contributed by atoms with Crippen LogP contribution >= 0.6 is 23.2 Å². The third kappa shape index (κ3) is 2.08. The minimum Gasteiger partial charge on any atom is -0.132 e. The van der Waals surface area contributed by atoms with Crippen LogP contribution in [0.5, 0.6) is 0 Å². The van der Waals surface area contributed by atoms with Gasteiger partial charge < -0.3 is 0 Å². The van der Waals surface area contributed by atoms with E-state index in [9.17, 15) is 0 Å². The first-order valence-electron chi connectivity index (χ1n) is 2.26. The summed E-state index contributed by atoms with van der Waals surface area (Å²) in [6, 6.07) is 0. The van der Waals surface area contributed by atoms with Crippen molar-refractivity contribution in [3.8, 4) is 12.0 Å². The van der Waals surface area contributed by atoms with Crippen LogP contribution in [-0.4, -0.2) is 12.5 Å². The molecule has 0 aliphatic heterocycles. The van der Waals surface area contributed by atoms with Gasteiger partial charge in [0.25, 0.3) is 0 Å². The highest BCUT2D eigenvalue weighted by Crippen LogP contribution is 2.16. The van der Waals surface area contributed by atoms with E-state index in [0.29, 0.717) is 0 Å². The topological polar surface area (TPSA) is 0 Å². The van der Waals surface area contributed by atoms with E-state index in [-0.39, 0.29) is 4.46 Å². The van der Waals surface area contributed by atoms with Crippen LogP contribution in [0.3, 0.4) is 0 Å². The molecule has 0 N–H and O–H groups in total. The van der Waals surface area contributed by atoms with Crippen LogP contribution in [0.15, 0.2) is 0 Å². The second-order valence-corrected chi connectivity index (χ2v) is 8.30.